The molecule has 114 valence electrons. The Morgan fingerprint density at radius 3 is 2.87 bits per heavy atom. The Balaban J connectivity index is 1.84. The van der Waals surface area contributed by atoms with E-state index < -0.39 is 0 Å². The SMILES string of the molecule is Cc1cccc(-c2cccnc2-c2ccc3c(c2)NCN3C)n1. The molecule has 0 bridgehead atoms. The second-order valence-corrected chi connectivity index (χ2v) is 5.83. The van der Waals surface area contributed by atoms with Crippen LogP contribution in [0.5, 0.6) is 0 Å². The molecule has 0 amide bonds. The Labute approximate surface area is 135 Å². The lowest BCUT2D eigenvalue weighted by Crippen LogP contribution is -2.15. The lowest BCUT2D eigenvalue weighted by Gasteiger charge is -2.12. The number of rotatable bonds is 2. The molecule has 0 atom stereocenters. The molecule has 0 saturated carbocycles. The lowest BCUT2D eigenvalue weighted by atomic mass is 10.0. The molecule has 0 spiro atoms. The van der Waals surface area contributed by atoms with Gasteiger partial charge in [-0.1, -0.05) is 12.1 Å². The third-order valence-electron chi connectivity index (χ3n) is 4.16. The quantitative estimate of drug-likeness (QED) is 0.778. The molecule has 1 aliphatic heterocycles. The average molecular weight is 302 g/mol. The molecule has 23 heavy (non-hydrogen) atoms. The van der Waals surface area contributed by atoms with Crippen molar-refractivity contribution in [2.24, 2.45) is 0 Å². The van der Waals surface area contributed by atoms with Crippen LogP contribution in [0.2, 0.25) is 0 Å². The minimum absolute atomic E-state index is 0.841. The van der Waals surface area contributed by atoms with Gasteiger partial charge in [0.25, 0.3) is 0 Å². The van der Waals surface area contributed by atoms with Gasteiger partial charge < -0.3 is 10.2 Å². The number of aromatic nitrogens is 2. The molecule has 0 radical (unpaired) electrons. The summed E-state index contributed by atoms with van der Waals surface area (Å²) >= 11 is 0. The molecule has 1 N–H and O–H groups in total. The minimum Gasteiger partial charge on any atom is -0.366 e. The molecule has 0 unspecified atom stereocenters. The smallest absolute Gasteiger partial charge is 0.0874 e. The molecule has 0 aliphatic carbocycles. The first kappa shape index (κ1) is 13.8. The number of anilines is 2. The number of hydrogen-bond donors (Lipinski definition) is 1. The van der Waals surface area contributed by atoms with Crippen molar-refractivity contribution in [1.82, 2.24) is 9.97 Å². The first-order chi connectivity index (χ1) is 11.2. The fraction of sp³-hybridized carbons (Fsp3) is 0.158. The molecule has 3 heterocycles. The number of nitrogens with zero attached hydrogens (tertiary/aromatic N) is 3. The van der Waals surface area contributed by atoms with Crippen LogP contribution < -0.4 is 10.2 Å². The van der Waals surface area contributed by atoms with Gasteiger partial charge in [0.05, 0.1) is 29.4 Å². The maximum absolute atomic E-state index is 4.65. The van der Waals surface area contributed by atoms with E-state index in [1.807, 2.05) is 37.4 Å². The lowest BCUT2D eigenvalue weighted by molar-refractivity contribution is 1.03. The maximum Gasteiger partial charge on any atom is 0.0874 e. The van der Waals surface area contributed by atoms with Crippen molar-refractivity contribution in [1.29, 1.82) is 0 Å². The second kappa shape index (κ2) is 5.39. The van der Waals surface area contributed by atoms with Crippen molar-refractivity contribution >= 4 is 11.4 Å². The average Bonchev–Trinajstić information content (AvgIpc) is 2.95. The molecule has 1 aliphatic rings. The molecule has 0 saturated heterocycles. The van der Waals surface area contributed by atoms with Gasteiger partial charge in [-0.25, -0.2) is 0 Å². The summed E-state index contributed by atoms with van der Waals surface area (Å²) in [6.07, 6.45) is 1.83. The van der Waals surface area contributed by atoms with E-state index in [0.717, 1.165) is 40.6 Å². The topological polar surface area (TPSA) is 41.1 Å². The first-order valence-corrected chi connectivity index (χ1v) is 7.71. The number of hydrogen-bond acceptors (Lipinski definition) is 4. The van der Waals surface area contributed by atoms with Crippen molar-refractivity contribution in [2.45, 2.75) is 6.92 Å². The molecular formula is C19H18N4. The van der Waals surface area contributed by atoms with Crippen LogP contribution in [-0.4, -0.2) is 23.7 Å². The van der Waals surface area contributed by atoms with Crippen molar-refractivity contribution in [2.75, 3.05) is 23.9 Å². The molecule has 3 aromatic rings. The Hall–Kier alpha value is -2.88. The van der Waals surface area contributed by atoms with Gasteiger partial charge in [-0.05, 0) is 43.3 Å². The van der Waals surface area contributed by atoms with Crippen molar-refractivity contribution in [3.63, 3.8) is 0 Å². The summed E-state index contributed by atoms with van der Waals surface area (Å²) < 4.78 is 0. The summed E-state index contributed by atoms with van der Waals surface area (Å²) in [5.41, 5.74) is 7.46. The van der Waals surface area contributed by atoms with Gasteiger partial charge >= 0.3 is 0 Å². The van der Waals surface area contributed by atoms with Crippen LogP contribution in [-0.2, 0) is 0 Å². The number of fused-ring (bicyclic) bond motifs is 1. The summed E-state index contributed by atoms with van der Waals surface area (Å²) in [6.45, 7) is 2.85. The highest BCUT2D eigenvalue weighted by Crippen LogP contribution is 2.36. The van der Waals surface area contributed by atoms with E-state index in [1.54, 1.807) is 0 Å². The summed E-state index contributed by atoms with van der Waals surface area (Å²) in [5.74, 6) is 0. The monoisotopic (exact) mass is 302 g/mol. The van der Waals surface area contributed by atoms with Gasteiger partial charge in [0.2, 0.25) is 0 Å². The van der Waals surface area contributed by atoms with Crippen LogP contribution in [0.4, 0.5) is 11.4 Å². The van der Waals surface area contributed by atoms with Crippen molar-refractivity contribution < 1.29 is 0 Å². The Kier molecular flexibility index (Phi) is 3.23. The van der Waals surface area contributed by atoms with E-state index in [2.05, 4.69) is 51.5 Å². The Morgan fingerprint density at radius 2 is 2.00 bits per heavy atom. The van der Waals surface area contributed by atoms with E-state index in [0.29, 0.717) is 0 Å². The molecule has 4 nitrogen and oxygen atoms in total. The number of nitrogens with one attached hydrogen (secondary N) is 1. The van der Waals surface area contributed by atoms with Crippen LogP contribution in [0.1, 0.15) is 5.69 Å². The van der Waals surface area contributed by atoms with Crippen molar-refractivity contribution in [3.05, 3.63) is 60.4 Å². The molecule has 4 rings (SSSR count). The minimum atomic E-state index is 0.841. The standard InChI is InChI=1S/C19H18N4/c1-13-5-3-7-16(22-13)15-6-4-10-20-19(15)14-8-9-18-17(11-14)21-12-23(18)2/h3-11,21H,12H2,1-2H3. The van der Waals surface area contributed by atoms with Crippen LogP contribution in [0.3, 0.4) is 0 Å². The van der Waals surface area contributed by atoms with Gasteiger partial charge in [-0.15, -0.1) is 0 Å². The largest absolute Gasteiger partial charge is 0.366 e. The number of benzene rings is 1. The zero-order valence-corrected chi connectivity index (χ0v) is 13.2. The van der Waals surface area contributed by atoms with Crippen LogP contribution in [0, 0.1) is 6.92 Å². The van der Waals surface area contributed by atoms with Gasteiger partial charge in [0.1, 0.15) is 0 Å². The third-order valence-corrected chi connectivity index (χ3v) is 4.16. The van der Waals surface area contributed by atoms with E-state index in [-0.39, 0.29) is 0 Å². The highest BCUT2D eigenvalue weighted by Gasteiger charge is 2.17. The summed E-state index contributed by atoms with van der Waals surface area (Å²) in [5, 5.41) is 3.41. The predicted molar refractivity (Wildman–Crippen MR) is 94.5 cm³/mol. The van der Waals surface area contributed by atoms with Gasteiger partial charge in [0.15, 0.2) is 0 Å². The zero-order valence-electron chi connectivity index (χ0n) is 13.2. The highest BCUT2D eigenvalue weighted by atomic mass is 15.3. The molecule has 0 fully saturated rings. The summed E-state index contributed by atoms with van der Waals surface area (Å²) in [6, 6.07) is 16.6. The molecule has 4 heteroatoms. The molecule has 2 aromatic heterocycles. The zero-order chi connectivity index (χ0) is 15.8. The Morgan fingerprint density at radius 1 is 1.09 bits per heavy atom. The normalized spacial score (nSPS) is 12.9. The second-order valence-electron chi connectivity index (χ2n) is 5.83. The van der Waals surface area contributed by atoms with Crippen LogP contribution >= 0.6 is 0 Å². The van der Waals surface area contributed by atoms with E-state index in [4.69, 9.17) is 0 Å². The highest BCUT2D eigenvalue weighted by molar-refractivity contribution is 5.85. The van der Waals surface area contributed by atoms with Gasteiger partial charge in [-0.2, -0.15) is 0 Å². The first-order valence-electron chi connectivity index (χ1n) is 7.71. The summed E-state index contributed by atoms with van der Waals surface area (Å²) in [4.78, 5) is 11.5. The fourth-order valence-electron chi connectivity index (χ4n) is 2.98. The Bertz CT molecular complexity index is 873. The fourth-order valence-corrected chi connectivity index (χ4v) is 2.98. The van der Waals surface area contributed by atoms with E-state index >= 15 is 0 Å². The van der Waals surface area contributed by atoms with Gasteiger partial charge in [-0.3, -0.25) is 9.97 Å². The summed E-state index contributed by atoms with van der Waals surface area (Å²) in [7, 11) is 2.08. The maximum atomic E-state index is 4.65. The van der Waals surface area contributed by atoms with Crippen LogP contribution in [0.15, 0.2) is 54.7 Å². The van der Waals surface area contributed by atoms with Crippen LogP contribution in [0.25, 0.3) is 22.5 Å². The van der Waals surface area contributed by atoms with Gasteiger partial charge in [0, 0.05) is 30.1 Å². The van der Waals surface area contributed by atoms with Crippen molar-refractivity contribution in [3.8, 4) is 22.5 Å². The molecule has 1 aromatic carbocycles. The van der Waals surface area contributed by atoms with E-state index in [1.165, 1.54) is 5.69 Å². The number of pyridine rings is 2. The predicted octanol–water partition coefficient (Wildman–Crippen LogP) is 3.94. The third kappa shape index (κ3) is 2.42. The number of aryl methyl sites for hydroxylation is 1. The van der Waals surface area contributed by atoms with E-state index in [9.17, 15) is 0 Å². The molecular weight excluding hydrogens is 284 g/mol.